The van der Waals surface area contributed by atoms with Gasteiger partial charge in [-0.05, 0) is 80.2 Å². The van der Waals surface area contributed by atoms with Crippen molar-refractivity contribution in [1.82, 2.24) is 0 Å². The molecule has 6 aliphatic rings. The van der Waals surface area contributed by atoms with Gasteiger partial charge in [-0.1, -0.05) is 56.9 Å². The monoisotopic (exact) mass is 649 g/mol. The number of fused-ring (bicyclic) bond motifs is 7. The number of carbonyl (C=O) groups is 3. The summed E-state index contributed by atoms with van der Waals surface area (Å²) >= 11 is 0. The molecule has 1 aromatic rings. The number of ether oxygens (including phenoxy) is 3. The van der Waals surface area contributed by atoms with E-state index in [0.29, 0.717) is 18.4 Å². The number of aliphatic hydroxyl groups excluding tert-OH is 1. The quantitative estimate of drug-likeness (QED) is 0.230. The van der Waals surface area contributed by atoms with Crippen molar-refractivity contribution in [2.45, 2.75) is 102 Å². The van der Waals surface area contributed by atoms with Crippen molar-refractivity contribution < 1.29 is 43.6 Å². The molecular formula is C36H43NO10. The van der Waals surface area contributed by atoms with E-state index in [9.17, 15) is 29.6 Å². The number of esters is 1. The Balaban J connectivity index is 1.15. The lowest BCUT2D eigenvalue weighted by Crippen LogP contribution is -2.63. The number of hydrogen-bond acceptors (Lipinski definition) is 10. The van der Waals surface area contributed by atoms with Gasteiger partial charge in [0.1, 0.15) is 6.61 Å². The first-order valence-corrected chi connectivity index (χ1v) is 17.0. The van der Waals surface area contributed by atoms with Gasteiger partial charge in [-0.3, -0.25) is 9.59 Å². The third-order valence-corrected chi connectivity index (χ3v) is 12.6. The van der Waals surface area contributed by atoms with Crippen molar-refractivity contribution in [2.24, 2.45) is 34.5 Å². The molecule has 1 N–H and O–H groups in total. The minimum absolute atomic E-state index is 0.0177. The topological polar surface area (TPSA) is 152 Å². The van der Waals surface area contributed by atoms with Crippen LogP contribution in [-0.2, 0) is 35.2 Å². The third-order valence-electron chi connectivity index (χ3n) is 12.6. The molecule has 7 rings (SSSR count). The van der Waals surface area contributed by atoms with Crippen molar-refractivity contribution >= 4 is 17.5 Å². The van der Waals surface area contributed by atoms with Gasteiger partial charge in [-0.2, -0.15) is 0 Å². The Bertz CT molecular complexity index is 1510. The molecule has 5 aliphatic carbocycles. The van der Waals surface area contributed by atoms with Crippen LogP contribution in [0.2, 0.25) is 0 Å². The number of nitrogens with zero attached hydrogens (tertiary/aromatic N) is 1. The van der Waals surface area contributed by atoms with E-state index >= 15 is 0 Å². The second-order valence-corrected chi connectivity index (χ2v) is 14.9. The zero-order valence-electron chi connectivity index (χ0n) is 26.9. The summed E-state index contributed by atoms with van der Waals surface area (Å²) in [6.45, 7) is 3.42. The Kier molecular flexibility index (Phi) is 8.16. The lowest BCUT2D eigenvalue weighted by atomic mass is 9.46. The Labute approximate surface area is 273 Å². The Morgan fingerprint density at radius 2 is 1.85 bits per heavy atom. The first-order chi connectivity index (χ1) is 22.5. The van der Waals surface area contributed by atoms with Crippen LogP contribution in [0.1, 0.15) is 87.6 Å². The predicted molar refractivity (Wildman–Crippen MR) is 166 cm³/mol. The van der Waals surface area contributed by atoms with E-state index in [-0.39, 0.29) is 47.4 Å². The number of carbonyl (C=O) groups excluding carboxylic acids is 3. The first-order valence-electron chi connectivity index (χ1n) is 17.0. The Morgan fingerprint density at radius 1 is 1.11 bits per heavy atom. The molecular weight excluding hydrogens is 606 g/mol. The zero-order valence-corrected chi connectivity index (χ0v) is 26.9. The van der Waals surface area contributed by atoms with Gasteiger partial charge in [0.05, 0.1) is 17.8 Å². The minimum atomic E-state index is -1.38. The average molecular weight is 650 g/mol. The maximum Gasteiger partial charge on any atom is 0.338 e. The van der Waals surface area contributed by atoms with Crippen LogP contribution in [0.25, 0.3) is 0 Å². The average Bonchev–Trinajstić information content (AvgIpc) is 3.56. The van der Waals surface area contributed by atoms with Gasteiger partial charge in [0.25, 0.3) is 5.09 Å². The second kappa shape index (κ2) is 11.9. The summed E-state index contributed by atoms with van der Waals surface area (Å²) in [6, 6.07) is 6.02. The molecule has 0 spiro atoms. The summed E-state index contributed by atoms with van der Waals surface area (Å²) in [5.74, 6) is -0.902. The first kappa shape index (κ1) is 32.2. The van der Waals surface area contributed by atoms with Gasteiger partial charge in [0.2, 0.25) is 5.78 Å². The molecule has 0 bridgehead atoms. The van der Waals surface area contributed by atoms with E-state index in [1.807, 2.05) is 6.08 Å². The van der Waals surface area contributed by atoms with Gasteiger partial charge < -0.3 is 24.2 Å². The van der Waals surface area contributed by atoms with Crippen molar-refractivity contribution in [3.8, 4) is 0 Å². The minimum Gasteiger partial charge on any atom is -0.454 e. The van der Waals surface area contributed by atoms with Gasteiger partial charge in [0.15, 0.2) is 24.3 Å². The molecule has 5 unspecified atom stereocenters. The summed E-state index contributed by atoms with van der Waals surface area (Å²) < 4.78 is 19.2. The van der Waals surface area contributed by atoms with Crippen molar-refractivity contribution in [3.05, 3.63) is 69.3 Å². The van der Waals surface area contributed by atoms with Crippen molar-refractivity contribution in [3.63, 3.8) is 0 Å². The number of ketones is 2. The highest BCUT2D eigenvalue weighted by atomic mass is 16.9. The molecule has 47 heavy (non-hydrogen) atoms. The fourth-order valence-corrected chi connectivity index (χ4v) is 10.4. The SMILES string of the molecule is C[C@]12C=CC(=O)C=C1CCC1C2[C@@H](O)C[C@@]2(C)C1CC1OC(C3CCCCC3)O[C@]12C(=O)COC(=O)c1ccc(CO[N+](=O)[O-])cc1. The maximum absolute atomic E-state index is 14.6. The van der Waals surface area contributed by atoms with Crippen LogP contribution in [0, 0.1) is 44.6 Å². The summed E-state index contributed by atoms with van der Waals surface area (Å²) in [4.78, 5) is 54.8. The van der Waals surface area contributed by atoms with E-state index in [0.717, 1.165) is 44.1 Å². The number of aliphatic hydroxyl groups is 1. The highest BCUT2D eigenvalue weighted by Crippen LogP contribution is 2.70. The van der Waals surface area contributed by atoms with Crippen LogP contribution in [0.4, 0.5) is 0 Å². The normalized spacial score (nSPS) is 39.2. The van der Waals surface area contributed by atoms with Crippen LogP contribution in [0.5, 0.6) is 0 Å². The predicted octanol–water partition coefficient (Wildman–Crippen LogP) is 5.07. The number of benzene rings is 1. The van der Waals surface area contributed by atoms with Crippen LogP contribution in [-0.4, -0.2) is 58.4 Å². The van der Waals surface area contributed by atoms with E-state index in [1.165, 1.54) is 30.7 Å². The molecule has 4 saturated carbocycles. The molecule has 1 saturated heterocycles. The second-order valence-electron chi connectivity index (χ2n) is 14.9. The molecule has 1 aliphatic heterocycles. The highest BCUT2D eigenvalue weighted by Gasteiger charge is 2.76. The molecule has 252 valence electrons. The molecule has 0 amide bonds. The van der Waals surface area contributed by atoms with E-state index in [4.69, 9.17) is 14.2 Å². The number of allylic oxidation sites excluding steroid dienone is 4. The molecule has 1 heterocycles. The molecule has 0 radical (unpaired) electrons. The van der Waals surface area contributed by atoms with Crippen LogP contribution >= 0.6 is 0 Å². The molecule has 1 aromatic carbocycles. The number of hydrogen-bond donors (Lipinski definition) is 1. The molecule has 11 nitrogen and oxygen atoms in total. The molecule has 9 atom stereocenters. The van der Waals surface area contributed by atoms with Crippen LogP contribution in [0.3, 0.4) is 0 Å². The summed E-state index contributed by atoms with van der Waals surface area (Å²) in [5.41, 5.74) is -0.826. The fourth-order valence-electron chi connectivity index (χ4n) is 10.4. The Morgan fingerprint density at radius 3 is 2.57 bits per heavy atom. The summed E-state index contributed by atoms with van der Waals surface area (Å²) in [7, 11) is 0. The zero-order chi connectivity index (χ0) is 33.1. The van der Waals surface area contributed by atoms with E-state index in [1.54, 1.807) is 12.2 Å². The lowest BCUT2D eigenvalue weighted by Gasteiger charge is -2.59. The van der Waals surface area contributed by atoms with Gasteiger partial charge >= 0.3 is 5.97 Å². The van der Waals surface area contributed by atoms with E-state index < -0.39 is 52.6 Å². The van der Waals surface area contributed by atoms with Gasteiger partial charge in [-0.25, -0.2) is 4.79 Å². The molecule has 0 aromatic heterocycles. The van der Waals surface area contributed by atoms with Crippen molar-refractivity contribution in [2.75, 3.05) is 6.61 Å². The molecule has 5 fully saturated rings. The number of rotatable bonds is 8. The van der Waals surface area contributed by atoms with Crippen LogP contribution in [0.15, 0.2) is 48.1 Å². The number of Topliss-reactive ketones (excluding diaryl/α,β-unsaturated/α-hetero) is 1. The van der Waals surface area contributed by atoms with Crippen LogP contribution < -0.4 is 0 Å². The lowest BCUT2D eigenvalue weighted by molar-refractivity contribution is -0.763. The highest BCUT2D eigenvalue weighted by molar-refractivity contribution is 6.01. The fraction of sp³-hybridized carbons (Fsp3) is 0.639. The van der Waals surface area contributed by atoms with Gasteiger partial charge in [-0.15, -0.1) is 10.1 Å². The smallest absolute Gasteiger partial charge is 0.338 e. The standard InChI is InChI=1S/C36H43NO10/c1-34-15-14-25(38)16-24(34)12-13-26-27-17-30-36(35(27,2)18-28(39)31(26)34,47-33(46-30)23-6-4-3-5-7-23)29(40)20-44-32(41)22-10-8-21(9-11-22)19-45-37(42)43/h8-11,14-16,23,26-28,30-31,33,39H,3-7,12-13,17-20H2,1-2H3/t26?,27?,28-,30?,31?,33?,34-,35-,36+/m0/s1. The third kappa shape index (κ3) is 5.16. The molecule has 11 heteroatoms. The van der Waals surface area contributed by atoms with Gasteiger partial charge in [0, 0.05) is 22.7 Å². The summed E-state index contributed by atoms with van der Waals surface area (Å²) in [5, 5.41) is 21.6. The maximum atomic E-state index is 14.6. The Hall–Kier alpha value is -3.41. The van der Waals surface area contributed by atoms with E-state index in [2.05, 4.69) is 18.7 Å². The largest absolute Gasteiger partial charge is 0.454 e. The van der Waals surface area contributed by atoms with Crippen molar-refractivity contribution in [1.29, 1.82) is 0 Å². The summed E-state index contributed by atoms with van der Waals surface area (Å²) in [6.07, 6.45) is 11.3.